The van der Waals surface area contributed by atoms with E-state index in [4.69, 9.17) is 4.74 Å². The quantitative estimate of drug-likeness (QED) is 0.945. The van der Waals surface area contributed by atoms with Crippen molar-refractivity contribution in [1.82, 2.24) is 9.97 Å². The fourth-order valence-electron chi connectivity index (χ4n) is 1.55. The lowest BCUT2D eigenvalue weighted by Crippen LogP contribution is -2.17. The maximum atomic E-state index is 11.5. The number of nitrogens with zero attached hydrogens (tertiary/aromatic N) is 2. The molecule has 94 valence electrons. The van der Waals surface area contributed by atoms with Crippen LogP contribution >= 0.6 is 15.9 Å². The number of aromatic nitrogens is 2. The Hall–Kier alpha value is -1.82. The Morgan fingerprint density at radius 3 is 2.94 bits per heavy atom. The van der Waals surface area contributed by atoms with Gasteiger partial charge in [0.2, 0.25) is 0 Å². The number of halogens is 1. The van der Waals surface area contributed by atoms with Gasteiger partial charge in [-0.25, -0.2) is 4.98 Å². The molecule has 0 spiro atoms. The maximum Gasteiger partial charge on any atom is 0.267 e. The molecule has 2 rings (SSSR count). The summed E-state index contributed by atoms with van der Waals surface area (Å²) in [6, 6.07) is 7.52. The van der Waals surface area contributed by atoms with Crippen molar-refractivity contribution in [2.45, 2.75) is 0 Å². The van der Waals surface area contributed by atoms with Crippen molar-refractivity contribution < 1.29 is 4.74 Å². The minimum atomic E-state index is -0.213. The molecule has 0 saturated carbocycles. The normalized spacial score (nSPS) is 10.2. The Balaban J connectivity index is 2.44. The van der Waals surface area contributed by atoms with E-state index in [2.05, 4.69) is 25.9 Å². The van der Waals surface area contributed by atoms with E-state index < -0.39 is 0 Å². The standard InChI is InChI=1S/C12H12BrN3O2/c1-16(8-4-3-5-9(6-8)18-2)11-10(13)12(17)15-7-14-11/h3-7H,1-2H3,(H,14,15,17). The van der Waals surface area contributed by atoms with E-state index in [1.54, 1.807) is 7.11 Å². The van der Waals surface area contributed by atoms with E-state index >= 15 is 0 Å². The summed E-state index contributed by atoms with van der Waals surface area (Å²) < 4.78 is 5.57. The SMILES string of the molecule is COc1cccc(N(C)c2nc[nH]c(=O)c2Br)c1. The van der Waals surface area contributed by atoms with Crippen LogP contribution in [0.25, 0.3) is 0 Å². The van der Waals surface area contributed by atoms with Gasteiger partial charge in [-0.05, 0) is 28.1 Å². The number of hydrogen-bond donors (Lipinski definition) is 1. The van der Waals surface area contributed by atoms with Crippen LogP contribution in [0.5, 0.6) is 5.75 Å². The zero-order valence-electron chi connectivity index (χ0n) is 9.98. The van der Waals surface area contributed by atoms with E-state index in [1.165, 1.54) is 6.33 Å². The van der Waals surface area contributed by atoms with Gasteiger partial charge in [0.1, 0.15) is 10.2 Å². The number of benzene rings is 1. The molecular weight excluding hydrogens is 298 g/mol. The molecule has 0 aliphatic rings. The third-order valence-corrected chi connectivity index (χ3v) is 3.25. The summed E-state index contributed by atoms with van der Waals surface area (Å²) in [4.78, 5) is 20.0. The fourth-order valence-corrected chi connectivity index (χ4v) is 2.03. The van der Waals surface area contributed by atoms with Crippen molar-refractivity contribution in [3.63, 3.8) is 0 Å². The number of H-pyrrole nitrogens is 1. The van der Waals surface area contributed by atoms with Gasteiger partial charge in [-0.1, -0.05) is 6.07 Å². The molecule has 2 aromatic rings. The highest BCUT2D eigenvalue weighted by Gasteiger charge is 2.12. The number of ether oxygens (including phenoxy) is 1. The highest BCUT2D eigenvalue weighted by molar-refractivity contribution is 9.10. The summed E-state index contributed by atoms with van der Waals surface area (Å²) in [6.07, 6.45) is 1.37. The third-order valence-electron chi connectivity index (χ3n) is 2.54. The van der Waals surface area contributed by atoms with Gasteiger partial charge in [-0.15, -0.1) is 0 Å². The number of rotatable bonds is 3. The Bertz CT molecular complexity index is 612. The molecule has 1 N–H and O–H groups in total. The van der Waals surface area contributed by atoms with Crippen LogP contribution in [-0.2, 0) is 0 Å². The summed E-state index contributed by atoms with van der Waals surface area (Å²) >= 11 is 3.23. The molecule has 0 amide bonds. The molecule has 6 heteroatoms. The second kappa shape index (κ2) is 5.22. The first-order valence-corrected chi connectivity index (χ1v) is 6.03. The van der Waals surface area contributed by atoms with Crippen LogP contribution in [0, 0.1) is 0 Å². The molecule has 0 aliphatic carbocycles. The molecular formula is C12H12BrN3O2. The lowest BCUT2D eigenvalue weighted by Gasteiger charge is -2.19. The van der Waals surface area contributed by atoms with Crippen LogP contribution in [-0.4, -0.2) is 24.1 Å². The van der Waals surface area contributed by atoms with Gasteiger partial charge in [0.05, 0.1) is 13.4 Å². The first kappa shape index (κ1) is 12.6. The molecule has 0 radical (unpaired) electrons. The van der Waals surface area contributed by atoms with Crippen LogP contribution in [0.4, 0.5) is 11.5 Å². The fraction of sp³-hybridized carbons (Fsp3) is 0.167. The van der Waals surface area contributed by atoms with E-state index in [1.807, 2.05) is 36.2 Å². The average molecular weight is 310 g/mol. The van der Waals surface area contributed by atoms with Gasteiger partial charge in [0.25, 0.3) is 5.56 Å². The van der Waals surface area contributed by atoms with Crippen molar-refractivity contribution >= 4 is 27.4 Å². The molecule has 0 atom stereocenters. The topological polar surface area (TPSA) is 58.2 Å². The average Bonchev–Trinajstić information content (AvgIpc) is 2.41. The largest absolute Gasteiger partial charge is 0.497 e. The van der Waals surface area contributed by atoms with Gasteiger partial charge in [-0.3, -0.25) is 4.79 Å². The Morgan fingerprint density at radius 2 is 2.22 bits per heavy atom. The molecule has 0 fully saturated rings. The monoisotopic (exact) mass is 309 g/mol. The van der Waals surface area contributed by atoms with Crippen molar-refractivity contribution in [2.24, 2.45) is 0 Å². The lowest BCUT2D eigenvalue weighted by atomic mass is 10.3. The van der Waals surface area contributed by atoms with Crippen LogP contribution < -0.4 is 15.2 Å². The second-order valence-electron chi connectivity index (χ2n) is 3.63. The Morgan fingerprint density at radius 1 is 1.44 bits per heavy atom. The van der Waals surface area contributed by atoms with Crippen molar-refractivity contribution in [3.05, 3.63) is 45.4 Å². The molecule has 0 aliphatic heterocycles. The summed E-state index contributed by atoms with van der Waals surface area (Å²) in [5.74, 6) is 1.30. The highest BCUT2D eigenvalue weighted by Crippen LogP contribution is 2.28. The Labute approximate surface area is 113 Å². The van der Waals surface area contributed by atoms with Crippen LogP contribution in [0.15, 0.2) is 39.9 Å². The number of aromatic amines is 1. The van der Waals surface area contributed by atoms with Crippen LogP contribution in [0.3, 0.4) is 0 Å². The van der Waals surface area contributed by atoms with Gasteiger partial charge in [-0.2, -0.15) is 0 Å². The van der Waals surface area contributed by atoms with E-state index in [-0.39, 0.29) is 5.56 Å². The maximum absolute atomic E-state index is 11.5. The number of methoxy groups -OCH3 is 1. The smallest absolute Gasteiger partial charge is 0.267 e. The summed E-state index contributed by atoms with van der Waals surface area (Å²) in [6.45, 7) is 0. The molecule has 1 aromatic heterocycles. The van der Waals surface area contributed by atoms with E-state index in [0.29, 0.717) is 10.3 Å². The number of anilines is 2. The number of nitrogens with one attached hydrogen (secondary N) is 1. The molecule has 0 saturated heterocycles. The molecule has 0 unspecified atom stereocenters. The van der Waals surface area contributed by atoms with Crippen molar-refractivity contribution in [2.75, 3.05) is 19.1 Å². The van der Waals surface area contributed by atoms with Gasteiger partial charge in [0, 0.05) is 18.8 Å². The molecule has 1 heterocycles. The van der Waals surface area contributed by atoms with E-state index in [9.17, 15) is 4.79 Å². The van der Waals surface area contributed by atoms with Crippen LogP contribution in [0.2, 0.25) is 0 Å². The zero-order valence-corrected chi connectivity index (χ0v) is 11.6. The molecule has 18 heavy (non-hydrogen) atoms. The lowest BCUT2D eigenvalue weighted by molar-refractivity contribution is 0.415. The predicted octanol–water partition coefficient (Wildman–Crippen LogP) is 2.31. The van der Waals surface area contributed by atoms with Gasteiger partial charge < -0.3 is 14.6 Å². The Kier molecular flexibility index (Phi) is 3.66. The minimum Gasteiger partial charge on any atom is -0.497 e. The summed E-state index contributed by atoms with van der Waals surface area (Å²) in [7, 11) is 3.45. The van der Waals surface area contributed by atoms with Crippen molar-refractivity contribution in [3.8, 4) is 5.75 Å². The predicted molar refractivity (Wildman–Crippen MR) is 73.6 cm³/mol. The van der Waals surface area contributed by atoms with Crippen LogP contribution in [0.1, 0.15) is 0 Å². The molecule has 1 aromatic carbocycles. The first-order chi connectivity index (χ1) is 8.63. The second-order valence-corrected chi connectivity index (χ2v) is 4.42. The van der Waals surface area contributed by atoms with E-state index in [0.717, 1.165) is 11.4 Å². The summed E-state index contributed by atoms with van der Waals surface area (Å²) in [5.41, 5.74) is 0.669. The zero-order chi connectivity index (χ0) is 13.1. The third kappa shape index (κ3) is 2.38. The number of hydrogen-bond acceptors (Lipinski definition) is 4. The molecule has 0 bridgehead atoms. The minimum absolute atomic E-state index is 0.213. The molecule has 5 nitrogen and oxygen atoms in total. The summed E-state index contributed by atoms with van der Waals surface area (Å²) in [5, 5.41) is 0. The van der Waals surface area contributed by atoms with Gasteiger partial charge in [0.15, 0.2) is 5.82 Å². The first-order valence-electron chi connectivity index (χ1n) is 5.24. The van der Waals surface area contributed by atoms with Crippen molar-refractivity contribution in [1.29, 1.82) is 0 Å². The highest BCUT2D eigenvalue weighted by atomic mass is 79.9. The van der Waals surface area contributed by atoms with Gasteiger partial charge >= 0.3 is 0 Å².